The molecule has 2 aromatic rings. The lowest BCUT2D eigenvalue weighted by Crippen LogP contribution is -1.75. The van der Waals surface area contributed by atoms with Crippen LogP contribution >= 0.6 is 22.9 Å². The normalized spacial score (nSPS) is 10.3. The molecule has 2 rings (SSSR count). The summed E-state index contributed by atoms with van der Waals surface area (Å²) >= 11 is 7.59. The van der Waals surface area contributed by atoms with Gasteiger partial charge < -0.3 is 0 Å². The van der Waals surface area contributed by atoms with E-state index in [2.05, 4.69) is 30.5 Å². The zero-order chi connectivity index (χ0) is 9.26. The number of aryl methyl sites for hydroxylation is 1. The molecule has 0 aliphatic heterocycles. The molecule has 0 nitrogen and oxygen atoms in total. The fourth-order valence-electron chi connectivity index (χ4n) is 1.31. The third-order valence-corrected chi connectivity index (χ3v) is 3.11. The predicted octanol–water partition coefficient (Wildman–Crippen LogP) is 4.38. The SMILES string of the molecule is Cc1sccc1-c1ccc(Cl)cc1. The molecule has 2 heteroatoms. The van der Waals surface area contributed by atoms with E-state index in [-0.39, 0.29) is 0 Å². The molecule has 0 unspecified atom stereocenters. The highest BCUT2D eigenvalue weighted by molar-refractivity contribution is 7.10. The van der Waals surface area contributed by atoms with E-state index in [1.807, 2.05) is 12.1 Å². The van der Waals surface area contributed by atoms with E-state index >= 15 is 0 Å². The third kappa shape index (κ3) is 1.77. The molecule has 1 heterocycles. The van der Waals surface area contributed by atoms with Gasteiger partial charge in [-0.1, -0.05) is 23.7 Å². The van der Waals surface area contributed by atoms with Gasteiger partial charge in [0, 0.05) is 9.90 Å². The monoisotopic (exact) mass is 208 g/mol. The molecule has 0 bridgehead atoms. The van der Waals surface area contributed by atoms with E-state index in [0.29, 0.717) is 0 Å². The number of benzene rings is 1. The molecule has 0 saturated heterocycles. The van der Waals surface area contributed by atoms with Crippen LogP contribution in [-0.4, -0.2) is 0 Å². The Hall–Kier alpha value is -0.790. The molecule has 0 aliphatic rings. The van der Waals surface area contributed by atoms with Crippen LogP contribution in [0.3, 0.4) is 0 Å². The molecule has 1 aromatic heterocycles. The van der Waals surface area contributed by atoms with Crippen molar-refractivity contribution in [3.8, 4) is 11.1 Å². The van der Waals surface area contributed by atoms with Crippen LogP contribution in [-0.2, 0) is 0 Å². The predicted molar refractivity (Wildman–Crippen MR) is 59.5 cm³/mol. The van der Waals surface area contributed by atoms with Gasteiger partial charge in [-0.15, -0.1) is 11.3 Å². The maximum atomic E-state index is 5.82. The fourth-order valence-corrected chi connectivity index (χ4v) is 2.16. The Morgan fingerprint density at radius 3 is 2.31 bits per heavy atom. The highest BCUT2D eigenvalue weighted by Crippen LogP contribution is 2.28. The van der Waals surface area contributed by atoms with E-state index in [1.165, 1.54) is 16.0 Å². The lowest BCUT2D eigenvalue weighted by molar-refractivity contribution is 1.58. The van der Waals surface area contributed by atoms with Gasteiger partial charge in [0.2, 0.25) is 0 Å². The molecule has 1 aromatic carbocycles. The molecule has 0 fully saturated rings. The second-order valence-corrected chi connectivity index (χ2v) is 4.45. The molecule has 0 radical (unpaired) electrons. The Kier molecular flexibility index (Phi) is 2.38. The van der Waals surface area contributed by atoms with Crippen molar-refractivity contribution in [1.29, 1.82) is 0 Å². The molecule has 0 spiro atoms. The minimum atomic E-state index is 0.789. The van der Waals surface area contributed by atoms with Crippen LogP contribution in [0, 0.1) is 6.92 Å². The van der Waals surface area contributed by atoms with Crippen molar-refractivity contribution in [2.24, 2.45) is 0 Å². The summed E-state index contributed by atoms with van der Waals surface area (Å²) in [6.45, 7) is 2.13. The summed E-state index contributed by atoms with van der Waals surface area (Å²) in [5.74, 6) is 0. The summed E-state index contributed by atoms with van der Waals surface area (Å²) in [5, 5.41) is 2.90. The van der Waals surface area contributed by atoms with Crippen molar-refractivity contribution in [2.45, 2.75) is 6.92 Å². The molecule has 0 amide bonds. The Morgan fingerprint density at radius 2 is 1.77 bits per heavy atom. The molecule has 0 saturated carbocycles. The molecule has 0 aliphatic carbocycles. The van der Waals surface area contributed by atoms with Gasteiger partial charge in [-0.3, -0.25) is 0 Å². The van der Waals surface area contributed by atoms with Gasteiger partial charge in [0.25, 0.3) is 0 Å². The van der Waals surface area contributed by atoms with E-state index in [0.717, 1.165) is 5.02 Å². The number of hydrogen-bond acceptors (Lipinski definition) is 1. The summed E-state index contributed by atoms with van der Waals surface area (Å²) in [6.07, 6.45) is 0. The number of thiophene rings is 1. The van der Waals surface area contributed by atoms with Crippen LogP contribution in [0.1, 0.15) is 4.88 Å². The number of hydrogen-bond donors (Lipinski definition) is 0. The van der Waals surface area contributed by atoms with Gasteiger partial charge in [-0.25, -0.2) is 0 Å². The largest absolute Gasteiger partial charge is 0.149 e. The van der Waals surface area contributed by atoms with Gasteiger partial charge in [0.15, 0.2) is 0 Å². The molecular formula is C11H9ClS. The van der Waals surface area contributed by atoms with Crippen molar-refractivity contribution >= 4 is 22.9 Å². The third-order valence-electron chi connectivity index (χ3n) is 2.01. The summed E-state index contributed by atoms with van der Waals surface area (Å²) in [7, 11) is 0. The van der Waals surface area contributed by atoms with Crippen molar-refractivity contribution in [2.75, 3.05) is 0 Å². The molecule has 0 N–H and O–H groups in total. The molecule has 0 atom stereocenters. The summed E-state index contributed by atoms with van der Waals surface area (Å²) in [5.41, 5.74) is 2.55. The van der Waals surface area contributed by atoms with Crippen molar-refractivity contribution < 1.29 is 0 Å². The standard InChI is InChI=1S/C11H9ClS/c1-8-11(6-7-13-8)9-2-4-10(12)5-3-9/h2-7H,1H3. The molecule has 66 valence electrons. The first-order chi connectivity index (χ1) is 6.27. The molecular weight excluding hydrogens is 200 g/mol. The lowest BCUT2D eigenvalue weighted by atomic mass is 10.1. The van der Waals surface area contributed by atoms with Gasteiger partial charge in [0.05, 0.1) is 0 Å². The van der Waals surface area contributed by atoms with Gasteiger partial charge in [-0.2, -0.15) is 0 Å². The quantitative estimate of drug-likeness (QED) is 0.653. The van der Waals surface area contributed by atoms with E-state index in [4.69, 9.17) is 11.6 Å². The van der Waals surface area contributed by atoms with Crippen LogP contribution < -0.4 is 0 Å². The fraction of sp³-hybridized carbons (Fsp3) is 0.0909. The van der Waals surface area contributed by atoms with E-state index in [1.54, 1.807) is 11.3 Å². The number of rotatable bonds is 1. The summed E-state index contributed by atoms with van der Waals surface area (Å²) < 4.78 is 0. The van der Waals surface area contributed by atoms with Gasteiger partial charge in [-0.05, 0) is 41.6 Å². The summed E-state index contributed by atoms with van der Waals surface area (Å²) in [4.78, 5) is 1.35. The minimum absolute atomic E-state index is 0.789. The number of halogens is 1. The van der Waals surface area contributed by atoms with Crippen LogP contribution in [0.2, 0.25) is 5.02 Å². The average molecular weight is 209 g/mol. The van der Waals surface area contributed by atoms with Gasteiger partial charge >= 0.3 is 0 Å². The first-order valence-electron chi connectivity index (χ1n) is 4.07. The first kappa shape index (κ1) is 8.79. The topological polar surface area (TPSA) is 0 Å². The minimum Gasteiger partial charge on any atom is -0.149 e. The lowest BCUT2D eigenvalue weighted by Gasteiger charge is -1.99. The van der Waals surface area contributed by atoms with Gasteiger partial charge in [0.1, 0.15) is 0 Å². The highest BCUT2D eigenvalue weighted by Gasteiger charge is 2.01. The van der Waals surface area contributed by atoms with Crippen LogP contribution in [0.25, 0.3) is 11.1 Å². The molecule has 13 heavy (non-hydrogen) atoms. The maximum Gasteiger partial charge on any atom is 0.0406 e. The van der Waals surface area contributed by atoms with Crippen molar-refractivity contribution in [1.82, 2.24) is 0 Å². The van der Waals surface area contributed by atoms with Crippen LogP contribution in [0.15, 0.2) is 35.7 Å². The second-order valence-electron chi connectivity index (χ2n) is 2.90. The zero-order valence-electron chi connectivity index (χ0n) is 7.25. The van der Waals surface area contributed by atoms with E-state index < -0.39 is 0 Å². The summed E-state index contributed by atoms with van der Waals surface area (Å²) in [6, 6.07) is 10.1. The Bertz CT molecular complexity index is 400. The Balaban J connectivity index is 2.47. The van der Waals surface area contributed by atoms with Crippen molar-refractivity contribution in [3.63, 3.8) is 0 Å². The van der Waals surface area contributed by atoms with Crippen molar-refractivity contribution in [3.05, 3.63) is 45.6 Å². The zero-order valence-corrected chi connectivity index (χ0v) is 8.82. The van der Waals surface area contributed by atoms with Crippen LogP contribution in [0.4, 0.5) is 0 Å². The maximum absolute atomic E-state index is 5.82. The Morgan fingerprint density at radius 1 is 1.08 bits per heavy atom. The van der Waals surface area contributed by atoms with Crippen LogP contribution in [0.5, 0.6) is 0 Å². The Labute approximate surface area is 86.8 Å². The smallest absolute Gasteiger partial charge is 0.0406 e. The first-order valence-corrected chi connectivity index (χ1v) is 5.33. The average Bonchev–Trinajstić information content (AvgIpc) is 2.53. The second kappa shape index (κ2) is 3.52. The van der Waals surface area contributed by atoms with E-state index in [9.17, 15) is 0 Å². The highest BCUT2D eigenvalue weighted by atomic mass is 35.5.